The molecule has 4 nitrogen and oxygen atoms in total. The molecule has 0 saturated heterocycles. The van der Waals surface area contributed by atoms with Crippen molar-refractivity contribution in [2.24, 2.45) is 0 Å². The van der Waals surface area contributed by atoms with E-state index in [1.165, 1.54) is 0 Å². The Labute approximate surface area is 101 Å². The number of carboxylic acids is 1. The molecule has 1 heterocycles. The summed E-state index contributed by atoms with van der Waals surface area (Å²) in [5, 5.41) is 8.56. The van der Waals surface area contributed by atoms with Crippen LogP contribution in [0.3, 0.4) is 0 Å². The van der Waals surface area contributed by atoms with Gasteiger partial charge in [-0.2, -0.15) is 0 Å². The molecule has 2 N–H and O–H groups in total. The molecule has 17 heavy (non-hydrogen) atoms. The molecule has 0 amide bonds. The number of aromatic nitrogens is 1. The average molecular weight is 237 g/mol. The van der Waals surface area contributed by atoms with Gasteiger partial charge in [0.25, 0.3) is 0 Å². The Bertz CT molecular complexity index is 444. The lowest BCUT2D eigenvalue weighted by Gasteiger charge is -2.05. The second-order valence-corrected chi connectivity index (χ2v) is 4.64. The van der Waals surface area contributed by atoms with E-state index in [1.54, 1.807) is 0 Å². The van der Waals surface area contributed by atoms with E-state index in [0.29, 0.717) is 11.6 Å². The van der Waals surface area contributed by atoms with Crippen molar-refractivity contribution < 1.29 is 14.7 Å². The molecule has 0 unspecified atom stereocenters. The van der Waals surface area contributed by atoms with E-state index < -0.39 is 5.97 Å². The Morgan fingerprint density at radius 3 is 2.24 bits per heavy atom. The van der Waals surface area contributed by atoms with E-state index in [2.05, 4.69) is 18.8 Å². The largest absolute Gasteiger partial charge is 0.481 e. The van der Waals surface area contributed by atoms with Crippen LogP contribution in [-0.4, -0.2) is 21.8 Å². The number of aromatic amines is 1. The fourth-order valence-corrected chi connectivity index (χ4v) is 2.25. The van der Waals surface area contributed by atoms with Crippen LogP contribution in [0.25, 0.3) is 0 Å². The van der Waals surface area contributed by atoms with Gasteiger partial charge in [0.15, 0.2) is 5.78 Å². The summed E-state index contributed by atoms with van der Waals surface area (Å²) in [6.45, 7) is 8.01. The average Bonchev–Trinajstić information content (AvgIpc) is 2.50. The van der Waals surface area contributed by atoms with Crippen molar-refractivity contribution in [3.05, 3.63) is 22.5 Å². The third-order valence-electron chi connectivity index (χ3n) is 2.92. The Morgan fingerprint density at radius 1 is 1.24 bits per heavy atom. The molecule has 0 aromatic carbocycles. The summed E-state index contributed by atoms with van der Waals surface area (Å²) in [4.78, 5) is 25.4. The Morgan fingerprint density at radius 2 is 1.82 bits per heavy atom. The molecule has 0 atom stereocenters. The van der Waals surface area contributed by atoms with Gasteiger partial charge in [-0.05, 0) is 30.9 Å². The third kappa shape index (κ3) is 2.96. The van der Waals surface area contributed by atoms with Gasteiger partial charge in [0.1, 0.15) is 0 Å². The van der Waals surface area contributed by atoms with Crippen LogP contribution in [0.4, 0.5) is 0 Å². The molecular formula is C13H19NO3. The highest BCUT2D eigenvalue weighted by Gasteiger charge is 2.19. The molecular weight excluding hydrogens is 218 g/mol. The number of H-pyrrole nitrogens is 1. The predicted molar refractivity (Wildman–Crippen MR) is 65.6 cm³/mol. The van der Waals surface area contributed by atoms with E-state index in [0.717, 1.165) is 16.8 Å². The highest BCUT2D eigenvalue weighted by molar-refractivity contribution is 5.97. The zero-order valence-electron chi connectivity index (χ0n) is 10.8. The Balaban J connectivity index is 2.96. The number of rotatable bonds is 5. The summed E-state index contributed by atoms with van der Waals surface area (Å²) >= 11 is 0. The standard InChI is InChI=1S/C13H19NO3/c1-7(2)12-8(3)13(14-9(12)4)10(15)5-6-11(16)17/h7,14H,5-6H2,1-4H3,(H,16,17). The maximum atomic E-state index is 11.9. The van der Waals surface area contributed by atoms with Crippen molar-refractivity contribution in [3.63, 3.8) is 0 Å². The van der Waals surface area contributed by atoms with Gasteiger partial charge in [0, 0.05) is 12.1 Å². The first-order valence-corrected chi connectivity index (χ1v) is 5.78. The monoisotopic (exact) mass is 237 g/mol. The minimum absolute atomic E-state index is 0.0493. The number of hydrogen-bond donors (Lipinski definition) is 2. The van der Waals surface area contributed by atoms with Crippen LogP contribution in [0, 0.1) is 13.8 Å². The molecule has 0 saturated carbocycles. The maximum absolute atomic E-state index is 11.9. The highest BCUT2D eigenvalue weighted by atomic mass is 16.4. The van der Waals surface area contributed by atoms with Crippen LogP contribution in [0.1, 0.15) is 59.9 Å². The smallest absolute Gasteiger partial charge is 0.303 e. The van der Waals surface area contributed by atoms with Gasteiger partial charge < -0.3 is 10.1 Å². The normalized spacial score (nSPS) is 10.9. The fourth-order valence-electron chi connectivity index (χ4n) is 2.25. The van der Waals surface area contributed by atoms with Crippen LogP contribution in [-0.2, 0) is 4.79 Å². The Kier molecular flexibility index (Phi) is 4.10. The molecule has 0 radical (unpaired) electrons. The van der Waals surface area contributed by atoms with Crippen LogP contribution >= 0.6 is 0 Å². The molecule has 1 rings (SSSR count). The quantitative estimate of drug-likeness (QED) is 0.773. The lowest BCUT2D eigenvalue weighted by atomic mass is 9.97. The number of hydrogen-bond acceptors (Lipinski definition) is 2. The number of nitrogens with one attached hydrogen (secondary N) is 1. The number of carbonyl (C=O) groups is 2. The topological polar surface area (TPSA) is 70.2 Å². The molecule has 4 heteroatoms. The van der Waals surface area contributed by atoms with Crippen molar-refractivity contribution in [3.8, 4) is 0 Å². The zero-order valence-corrected chi connectivity index (χ0v) is 10.8. The van der Waals surface area contributed by atoms with Crippen molar-refractivity contribution in [1.82, 2.24) is 4.98 Å². The molecule has 0 fully saturated rings. The number of ketones is 1. The zero-order chi connectivity index (χ0) is 13.2. The van der Waals surface area contributed by atoms with Gasteiger partial charge in [0.2, 0.25) is 0 Å². The van der Waals surface area contributed by atoms with Gasteiger partial charge >= 0.3 is 5.97 Å². The van der Waals surface area contributed by atoms with E-state index in [-0.39, 0.29) is 18.6 Å². The van der Waals surface area contributed by atoms with Crippen molar-refractivity contribution in [2.45, 2.75) is 46.5 Å². The van der Waals surface area contributed by atoms with Gasteiger partial charge in [-0.25, -0.2) is 0 Å². The number of carbonyl (C=O) groups excluding carboxylic acids is 1. The maximum Gasteiger partial charge on any atom is 0.303 e. The summed E-state index contributed by atoms with van der Waals surface area (Å²) < 4.78 is 0. The highest BCUT2D eigenvalue weighted by Crippen LogP contribution is 2.26. The third-order valence-corrected chi connectivity index (χ3v) is 2.92. The number of Topliss-reactive ketones (excluding diaryl/α,β-unsaturated/α-hetero) is 1. The second kappa shape index (κ2) is 5.17. The summed E-state index contributed by atoms with van der Waals surface area (Å²) in [5.74, 6) is -0.712. The van der Waals surface area contributed by atoms with Crippen LogP contribution in [0.5, 0.6) is 0 Å². The number of aliphatic carboxylic acids is 1. The molecule has 94 valence electrons. The molecule has 1 aromatic rings. The van der Waals surface area contributed by atoms with Gasteiger partial charge in [-0.15, -0.1) is 0 Å². The molecule has 0 spiro atoms. The summed E-state index contributed by atoms with van der Waals surface area (Å²) in [6.07, 6.45) is -0.0684. The first kappa shape index (κ1) is 13.5. The van der Waals surface area contributed by atoms with Crippen LogP contribution in [0.2, 0.25) is 0 Å². The molecule has 1 aromatic heterocycles. The van der Waals surface area contributed by atoms with Crippen molar-refractivity contribution in [1.29, 1.82) is 0 Å². The summed E-state index contributed by atoms with van der Waals surface area (Å²) in [7, 11) is 0. The van der Waals surface area contributed by atoms with Gasteiger partial charge in [-0.1, -0.05) is 13.8 Å². The first-order valence-electron chi connectivity index (χ1n) is 5.78. The van der Waals surface area contributed by atoms with E-state index in [9.17, 15) is 9.59 Å². The van der Waals surface area contributed by atoms with E-state index in [1.807, 2.05) is 13.8 Å². The molecule has 0 aliphatic carbocycles. The lowest BCUT2D eigenvalue weighted by molar-refractivity contribution is -0.136. The van der Waals surface area contributed by atoms with Crippen LogP contribution < -0.4 is 0 Å². The predicted octanol–water partition coefficient (Wildman–Crippen LogP) is 2.80. The number of aryl methyl sites for hydroxylation is 1. The lowest BCUT2D eigenvalue weighted by Crippen LogP contribution is -2.05. The molecule has 0 aliphatic heterocycles. The fraction of sp³-hybridized carbons (Fsp3) is 0.538. The van der Waals surface area contributed by atoms with E-state index in [4.69, 9.17) is 5.11 Å². The second-order valence-electron chi connectivity index (χ2n) is 4.64. The minimum Gasteiger partial charge on any atom is -0.481 e. The van der Waals surface area contributed by atoms with Crippen molar-refractivity contribution in [2.75, 3.05) is 0 Å². The summed E-state index contributed by atoms with van der Waals surface area (Å²) in [5.41, 5.74) is 3.67. The first-order chi connectivity index (χ1) is 7.84. The molecule has 0 aliphatic rings. The van der Waals surface area contributed by atoms with Gasteiger partial charge in [0.05, 0.1) is 12.1 Å². The van der Waals surface area contributed by atoms with Crippen LogP contribution in [0.15, 0.2) is 0 Å². The summed E-state index contributed by atoms with van der Waals surface area (Å²) in [6, 6.07) is 0. The SMILES string of the molecule is Cc1[nH]c(C(=O)CCC(=O)O)c(C)c1C(C)C. The Hall–Kier alpha value is -1.58. The number of carboxylic acid groups (broad SMARTS) is 1. The van der Waals surface area contributed by atoms with Crippen molar-refractivity contribution >= 4 is 11.8 Å². The molecule has 0 bridgehead atoms. The minimum atomic E-state index is -0.941. The van der Waals surface area contributed by atoms with Gasteiger partial charge in [-0.3, -0.25) is 9.59 Å². The van der Waals surface area contributed by atoms with E-state index >= 15 is 0 Å².